The molecule has 1 heterocycles. The highest BCUT2D eigenvalue weighted by molar-refractivity contribution is 6.10. The molecule has 0 saturated carbocycles. The third kappa shape index (κ3) is 5.31. The Morgan fingerprint density at radius 3 is 1.64 bits per heavy atom. The molecule has 0 spiro atoms. The van der Waals surface area contributed by atoms with Crippen molar-refractivity contribution in [3.8, 4) is 33.4 Å². The van der Waals surface area contributed by atoms with Crippen LogP contribution in [0.1, 0.15) is 60.2 Å². The van der Waals surface area contributed by atoms with Crippen molar-refractivity contribution in [3.05, 3.63) is 204 Å². The zero-order valence-electron chi connectivity index (χ0n) is 30.0. The van der Waals surface area contributed by atoms with E-state index < -0.39 is 0 Å². The molecule has 3 heteroatoms. The van der Waals surface area contributed by atoms with Gasteiger partial charge in [0.25, 0.3) is 0 Å². The normalized spacial score (nSPS) is 18.9. The van der Waals surface area contributed by atoms with Gasteiger partial charge < -0.3 is 0 Å². The molecule has 2 unspecified atom stereocenters. The first kappa shape index (κ1) is 31.9. The SMILES string of the molecule is CC1(C)c2ccccc2-c2ccc(-c3ccc(-c4c(C5NC(c6ccccc6)NC(c6ccccc6)N5)ccc5ccccc45)c4ccccc34)cc21. The van der Waals surface area contributed by atoms with Gasteiger partial charge in [-0.15, -0.1) is 0 Å². The maximum Gasteiger partial charge on any atom is 0.0870 e. The van der Waals surface area contributed by atoms with Crippen molar-refractivity contribution in [2.75, 3.05) is 0 Å². The Morgan fingerprint density at radius 2 is 0.925 bits per heavy atom. The molecule has 1 saturated heterocycles. The van der Waals surface area contributed by atoms with Gasteiger partial charge in [-0.25, -0.2) is 0 Å². The van der Waals surface area contributed by atoms with Crippen LogP contribution >= 0.6 is 0 Å². The lowest BCUT2D eigenvalue weighted by Gasteiger charge is -2.40. The Hall–Kier alpha value is -5.84. The lowest BCUT2D eigenvalue weighted by Crippen LogP contribution is -2.54. The molecule has 0 radical (unpaired) electrons. The molecule has 2 atom stereocenters. The molecule has 1 fully saturated rings. The predicted molar refractivity (Wildman–Crippen MR) is 220 cm³/mol. The predicted octanol–water partition coefficient (Wildman–Crippen LogP) is 11.8. The molecule has 8 aromatic carbocycles. The van der Waals surface area contributed by atoms with Crippen molar-refractivity contribution >= 4 is 21.5 Å². The highest BCUT2D eigenvalue weighted by atomic mass is 15.4. The largest absolute Gasteiger partial charge is 0.279 e. The molecule has 53 heavy (non-hydrogen) atoms. The minimum absolute atomic E-state index is 0.0544. The lowest BCUT2D eigenvalue weighted by molar-refractivity contribution is 0.203. The van der Waals surface area contributed by atoms with E-state index in [1.54, 1.807) is 0 Å². The van der Waals surface area contributed by atoms with E-state index in [0.717, 1.165) is 0 Å². The first-order valence-corrected chi connectivity index (χ1v) is 18.7. The molecule has 0 aromatic heterocycles. The van der Waals surface area contributed by atoms with Crippen LogP contribution in [0, 0.1) is 0 Å². The van der Waals surface area contributed by atoms with Crippen molar-refractivity contribution in [2.24, 2.45) is 0 Å². The van der Waals surface area contributed by atoms with Crippen LogP contribution in [0.25, 0.3) is 54.9 Å². The summed E-state index contributed by atoms with van der Waals surface area (Å²) in [6.07, 6.45) is -0.243. The fourth-order valence-electron chi connectivity index (χ4n) is 8.97. The van der Waals surface area contributed by atoms with Crippen molar-refractivity contribution < 1.29 is 0 Å². The smallest absolute Gasteiger partial charge is 0.0870 e. The molecule has 10 rings (SSSR count). The maximum atomic E-state index is 3.96. The highest BCUT2D eigenvalue weighted by Crippen LogP contribution is 2.50. The minimum atomic E-state index is -0.134. The first-order chi connectivity index (χ1) is 26.0. The Morgan fingerprint density at radius 1 is 0.396 bits per heavy atom. The summed E-state index contributed by atoms with van der Waals surface area (Å²) in [5, 5.41) is 16.8. The summed E-state index contributed by atoms with van der Waals surface area (Å²) in [4.78, 5) is 0. The van der Waals surface area contributed by atoms with Crippen molar-refractivity contribution in [1.82, 2.24) is 16.0 Å². The second kappa shape index (κ2) is 12.7. The van der Waals surface area contributed by atoms with Crippen LogP contribution in [-0.2, 0) is 5.41 Å². The molecule has 256 valence electrons. The van der Waals surface area contributed by atoms with Crippen LogP contribution in [0.15, 0.2) is 176 Å². The summed E-state index contributed by atoms with van der Waals surface area (Å²) >= 11 is 0. The average molecular weight is 684 g/mol. The maximum absolute atomic E-state index is 3.96. The van der Waals surface area contributed by atoms with Gasteiger partial charge in [-0.1, -0.05) is 184 Å². The molecule has 0 bridgehead atoms. The standard InChI is InChI=1S/C50H41N3/c1-50(2)44-24-14-13-23-40(44)41-27-26-35(31-45(41)50)36-29-30-42(39-22-12-11-21-38(36)39)46-37-20-10-9-15-32(37)25-28-43(46)49-52-47(33-16-5-3-6-17-33)51-48(53-49)34-18-7-4-8-19-34/h3-31,47-49,51-53H,1-2H3. The quantitative estimate of drug-likeness (QED) is 0.169. The molecule has 2 aliphatic rings. The van der Waals surface area contributed by atoms with E-state index in [0.29, 0.717) is 0 Å². The number of benzene rings is 8. The topological polar surface area (TPSA) is 36.1 Å². The van der Waals surface area contributed by atoms with E-state index in [-0.39, 0.29) is 23.9 Å². The van der Waals surface area contributed by atoms with Gasteiger partial charge >= 0.3 is 0 Å². The Balaban J connectivity index is 1.14. The van der Waals surface area contributed by atoms with E-state index in [4.69, 9.17) is 0 Å². The minimum Gasteiger partial charge on any atom is -0.279 e. The van der Waals surface area contributed by atoms with Crippen LogP contribution < -0.4 is 16.0 Å². The zero-order valence-corrected chi connectivity index (χ0v) is 30.0. The van der Waals surface area contributed by atoms with Crippen LogP contribution in [0.4, 0.5) is 0 Å². The summed E-state index contributed by atoms with van der Waals surface area (Å²) < 4.78 is 0. The number of nitrogens with one attached hydrogen (secondary N) is 3. The van der Waals surface area contributed by atoms with E-state index in [9.17, 15) is 0 Å². The van der Waals surface area contributed by atoms with E-state index in [2.05, 4.69) is 206 Å². The highest BCUT2D eigenvalue weighted by Gasteiger charge is 2.36. The monoisotopic (exact) mass is 683 g/mol. The molecule has 1 aliphatic carbocycles. The summed E-state index contributed by atoms with van der Waals surface area (Å²) in [5.41, 5.74) is 14.1. The molecule has 1 aliphatic heterocycles. The van der Waals surface area contributed by atoms with Crippen molar-refractivity contribution in [1.29, 1.82) is 0 Å². The third-order valence-electron chi connectivity index (χ3n) is 11.6. The van der Waals surface area contributed by atoms with Gasteiger partial charge in [0, 0.05) is 5.41 Å². The molecule has 3 N–H and O–H groups in total. The summed E-state index contributed by atoms with van der Waals surface area (Å²) in [6.45, 7) is 4.72. The second-order valence-electron chi connectivity index (χ2n) is 15.0. The number of hydrogen-bond donors (Lipinski definition) is 3. The van der Waals surface area contributed by atoms with Gasteiger partial charge in [-0.3, -0.25) is 16.0 Å². The van der Waals surface area contributed by atoms with E-state index in [1.807, 2.05) is 0 Å². The van der Waals surface area contributed by atoms with Gasteiger partial charge in [0.2, 0.25) is 0 Å². The van der Waals surface area contributed by atoms with Crippen molar-refractivity contribution in [3.63, 3.8) is 0 Å². The van der Waals surface area contributed by atoms with E-state index >= 15 is 0 Å². The summed E-state index contributed by atoms with van der Waals surface area (Å²) in [6, 6.07) is 64.4. The van der Waals surface area contributed by atoms with Gasteiger partial charge in [0.1, 0.15) is 0 Å². The van der Waals surface area contributed by atoms with Crippen LogP contribution in [0.3, 0.4) is 0 Å². The Kier molecular flexibility index (Phi) is 7.62. The van der Waals surface area contributed by atoms with Gasteiger partial charge in [0.05, 0.1) is 18.5 Å². The van der Waals surface area contributed by atoms with Gasteiger partial charge in [0.15, 0.2) is 0 Å². The third-order valence-corrected chi connectivity index (χ3v) is 11.6. The van der Waals surface area contributed by atoms with E-state index in [1.165, 1.54) is 82.7 Å². The number of hydrogen-bond acceptors (Lipinski definition) is 3. The summed E-state index contributed by atoms with van der Waals surface area (Å²) in [7, 11) is 0. The average Bonchev–Trinajstić information content (AvgIpc) is 3.46. The number of fused-ring (bicyclic) bond motifs is 5. The molecule has 0 amide bonds. The second-order valence-corrected chi connectivity index (χ2v) is 15.0. The van der Waals surface area contributed by atoms with Crippen molar-refractivity contribution in [2.45, 2.75) is 37.8 Å². The molecular weight excluding hydrogens is 643 g/mol. The fraction of sp³-hybridized carbons (Fsp3) is 0.120. The van der Waals surface area contributed by atoms with Crippen LogP contribution in [0.2, 0.25) is 0 Å². The lowest BCUT2D eigenvalue weighted by atomic mass is 9.81. The zero-order chi connectivity index (χ0) is 35.5. The van der Waals surface area contributed by atoms with Crippen LogP contribution in [-0.4, -0.2) is 0 Å². The van der Waals surface area contributed by atoms with Crippen LogP contribution in [0.5, 0.6) is 0 Å². The molecular formula is C50H41N3. The fourth-order valence-corrected chi connectivity index (χ4v) is 8.97. The molecule has 3 nitrogen and oxygen atoms in total. The number of rotatable bonds is 5. The Bertz CT molecular complexity index is 2600. The first-order valence-electron chi connectivity index (χ1n) is 18.7. The van der Waals surface area contributed by atoms with Gasteiger partial charge in [-0.2, -0.15) is 0 Å². The Labute approximate surface area is 311 Å². The van der Waals surface area contributed by atoms with Gasteiger partial charge in [-0.05, 0) is 88.8 Å². The molecule has 8 aromatic rings. The summed E-state index contributed by atoms with van der Waals surface area (Å²) in [5.74, 6) is 0.